The van der Waals surface area contributed by atoms with Crippen LogP contribution in [0, 0.1) is 6.92 Å². The van der Waals surface area contributed by atoms with Gasteiger partial charge in [0, 0.05) is 6.61 Å². The van der Waals surface area contributed by atoms with Crippen LogP contribution in [0.3, 0.4) is 0 Å². The molecule has 0 atom stereocenters. The molecule has 3 rings (SSSR count). The summed E-state index contributed by atoms with van der Waals surface area (Å²) in [6, 6.07) is 16.4. The maximum atomic E-state index is 12.5. The normalized spacial score (nSPS) is 10.4. The van der Waals surface area contributed by atoms with Crippen molar-refractivity contribution in [3.63, 3.8) is 0 Å². The fourth-order valence-corrected chi connectivity index (χ4v) is 2.68. The molecule has 0 bridgehead atoms. The molecule has 0 aliphatic heterocycles. The summed E-state index contributed by atoms with van der Waals surface area (Å²) >= 11 is 0. The second-order valence-corrected chi connectivity index (χ2v) is 6.21. The fraction of sp³-hybridized carbons (Fsp3) is 0.182. The number of aliphatic hydroxyl groups excluding tert-OH is 1. The first kappa shape index (κ1) is 19.4. The minimum Gasteiger partial charge on any atom is -0.495 e. The molecular formula is C22H22N2O4. The molecule has 1 aromatic heterocycles. The molecule has 0 saturated heterocycles. The summed E-state index contributed by atoms with van der Waals surface area (Å²) in [6.07, 6.45) is 2.04. The Bertz CT molecular complexity index is 955. The van der Waals surface area contributed by atoms with Gasteiger partial charge >= 0.3 is 0 Å². The van der Waals surface area contributed by atoms with Crippen LogP contribution >= 0.6 is 0 Å². The Morgan fingerprint density at radius 1 is 1.11 bits per heavy atom. The fourth-order valence-electron chi connectivity index (χ4n) is 2.68. The number of amides is 1. The third kappa shape index (κ3) is 4.66. The average molecular weight is 378 g/mol. The van der Waals surface area contributed by atoms with Gasteiger partial charge in [-0.25, -0.2) is 4.98 Å². The molecule has 3 aromatic rings. The van der Waals surface area contributed by atoms with Gasteiger partial charge < -0.3 is 19.9 Å². The minimum absolute atomic E-state index is 0.0513. The zero-order valence-corrected chi connectivity index (χ0v) is 15.8. The number of ether oxygens (including phenoxy) is 2. The zero-order valence-electron chi connectivity index (χ0n) is 15.8. The van der Waals surface area contributed by atoms with Crippen LogP contribution in [0.5, 0.6) is 17.2 Å². The van der Waals surface area contributed by atoms with Gasteiger partial charge in [-0.1, -0.05) is 24.3 Å². The van der Waals surface area contributed by atoms with Crippen LogP contribution in [-0.4, -0.2) is 29.7 Å². The number of aliphatic hydroxyl groups is 1. The SMILES string of the molecule is COc1cc(CCO)ccc1NC(=O)c1ccc(Oc2ccccc2C)cn1. The van der Waals surface area contributed by atoms with Crippen LogP contribution in [0.15, 0.2) is 60.8 Å². The van der Waals surface area contributed by atoms with Gasteiger partial charge in [0.05, 0.1) is 19.0 Å². The average Bonchev–Trinajstić information content (AvgIpc) is 2.71. The van der Waals surface area contributed by atoms with E-state index in [1.54, 1.807) is 24.3 Å². The summed E-state index contributed by atoms with van der Waals surface area (Å²) in [5.41, 5.74) is 2.74. The number of hydrogen-bond donors (Lipinski definition) is 2. The number of benzene rings is 2. The number of nitrogens with one attached hydrogen (secondary N) is 1. The van der Waals surface area contributed by atoms with Crippen LogP contribution < -0.4 is 14.8 Å². The number of nitrogens with zero attached hydrogens (tertiary/aromatic N) is 1. The number of anilines is 1. The quantitative estimate of drug-likeness (QED) is 0.650. The van der Waals surface area contributed by atoms with Crippen LogP contribution in [0.2, 0.25) is 0 Å². The molecule has 28 heavy (non-hydrogen) atoms. The molecular weight excluding hydrogens is 356 g/mol. The van der Waals surface area contributed by atoms with Gasteiger partial charge in [0.2, 0.25) is 0 Å². The predicted molar refractivity (Wildman–Crippen MR) is 107 cm³/mol. The summed E-state index contributed by atoms with van der Waals surface area (Å²) in [7, 11) is 1.53. The second kappa shape index (κ2) is 9.01. The lowest BCUT2D eigenvalue weighted by molar-refractivity contribution is 0.102. The molecule has 2 N–H and O–H groups in total. The van der Waals surface area contributed by atoms with Crippen molar-refractivity contribution in [2.24, 2.45) is 0 Å². The second-order valence-electron chi connectivity index (χ2n) is 6.21. The van der Waals surface area contributed by atoms with E-state index in [0.29, 0.717) is 23.6 Å². The van der Waals surface area contributed by atoms with E-state index < -0.39 is 0 Å². The molecule has 6 heteroatoms. The number of hydrogen-bond acceptors (Lipinski definition) is 5. The van der Waals surface area contributed by atoms with E-state index in [9.17, 15) is 4.79 Å². The van der Waals surface area contributed by atoms with E-state index in [-0.39, 0.29) is 18.2 Å². The molecule has 2 aromatic carbocycles. The Kier molecular flexibility index (Phi) is 6.24. The van der Waals surface area contributed by atoms with Crippen molar-refractivity contribution < 1.29 is 19.4 Å². The Hall–Kier alpha value is -3.38. The number of carbonyl (C=O) groups is 1. The van der Waals surface area contributed by atoms with Gasteiger partial charge in [0.1, 0.15) is 22.9 Å². The standard InChI is InChI=1S/C22H22N2O4/c1-15-5-3-4-6-20(15)28-17-8-10-19(23-14-17)22(26)24-18-9-7-16(11-12-25)13-21(18)27-2/h3-10,13-14,25H,11-12H2,1-2H3,(H,24,26). The predicted octanol–water partition coefficient (Wildman–Crippen LogP) is 3.98. The molecule has 1 amide bonds. The smallest absolute Gasteiger partial charge is 0.274 e. The molecule has 0 spiro atoms. The topological polar surface area (TPSA) is 80.7 Å². The van der Waals surface area contributed by atoms with E-state index in [1.165, 1.54) is 13.3 Å². The van der Waals surface area contributed by atoms with Gasteiger partial charge in [-0.15, -0.1) is 0 Å². The first-order chi connectivity index (χ1) is 13.6. The maximum Gasteiger partial charge on any atom is 0.274 e. The molecule has 0 saturated carbocycles. The van der Waals surface area contributed by atoms with Gasteiger partial charge in [-0.3, -0.25) is 4.79 Å². The monoisotopic (exact) mass is 378 g/mol. The Morgan fingerprint density at radius 2 is 1.93 bits per heavy atom. The Labute approximate surface area is 163 Å². The molecule has 144 valence electrons. The highest BCUT2D eigenvalue weighted by atomic mass is 16.5. The Balaban J connectivity index is 1.70. The molecule has 0 fully saturated rings. The number of rotatable bonds is 7. The van der Waals surface area contributed by atoms with Crippen molar-refractivity contribution in [3.8, 4) is 17.2 Å². The van der Waals surface area contributed by atoms with Crippen molar-refractivity contribution in [2.75, 3.05) is 19.0 Å². The zero-order chi connectivity index (χ0) is 19.9. The summed E-state index contributed by atoms with van der Waals surface area (Å²) in [4.78, 5) is 16.7. The number of para-hydroxylation sites is 1. The van der Waals surface area contributed by atoms with E-state index in [1.807, 2.05) is 37.3 Å². The molecule has 6 nitrogen and oxygen atoms in total. The minimum atomic E-state index is -0.351. The third-order valence-electron chi connectivity index (χ3n) is 4.21. The number of methoxy groups -OCH3 is 1. The highest BCUT2D eigenvalue weighted by molar-refractivity contribution is 6.03. The molecule has 0 aliphatic carbocycles. The molecule has 0 unspecified atom stereocenters. The van der Waals surface area contributed by atoms with Crippen molar-refractivity contribution >= 4 is 11.6 Å². The van der Waals surface area contributed by atoms with Crippen molar-refractivity contribution in [1.82, 2.24) is 4.98 Å². The lowest BCUT2D eigenvalue weighted by Crippen LogP contribution is -2.14. The largest absolute Gasteiger partial charge is 0.495 e. The molecule has 0 radical (unpaired) electrons. The summed E-state index contributed by atoms with van der Waals surface area (Å²) in [6.45, 7) is 2.01. The first-order valence-corrected chi connectivity index (χ1v) is 8.89. The Morgan fingerprint density at radius 3 is 2.61 bits per heavy atom. The number of carbonyl (C=O) groups excluding carboxylic acids is 1. The van der Waals surface area contributed by atoms with E-state index >= 15 is 0 Å². The molecule has 1 heterocycles. The first-order valence-electron chi connectivity index (χ1n) is 8.89. The maximum absolute atomic E-state index is 12.5. The van der Waals surface area contributed by atoms with E-state index in [2.05, 4.69) is 10.3 Å². The van der Waals surface area contributed by atoms with E-state index in [4.69, 9.17) is 14.6 Å². The lowest BCUT2D eigenvalue weighted by Gasteiger charge is -2.12. The highest BCUT2D eigenvalue weighted by Crippen LogP contribution is 2.27. The van der Waals surface area contributed by atoms with Gasteiger partial charge in [0.25, 0.3) is 5.91 Å². The summed E-state index contributed by atoms with van der Waals surface area (Å²) < 4.78 is 11.1. The van der Waals surface area contributed by atoms with Gasteiger partial charge in [-0.05, 0) is 54.8 Å². The lowest BCUT2D eigenvalue weighted by atomic mass is 10.1. The molecule has 0 aliphatic rings. The number of aromatic nitrogens is 1. The summed E-state index contributed by atoms with van der Waals surface area (Å²) in [5, 5.41) is 11.8. The van der Waals surface area contributed by atoms with Crippen LogP contribution in [0.1, 0.15) is 21.6 Å². The van der Waals surface area contributed by atoms with Crippen molar-refractivity contribution in [3.05, 3.63) is 77.6 Å². The van der Waals surface area contributed by atoms with Gasteiger partial charge in [0.15, 0.2) is 0 Å². The van der Waals surface area contributed by atoms with Crippen LogP contribution in [0.25, 0.3) is 0 Å². The number of pyridine rings is 1. The van der Waals surface area contributed by atoms with E-state index in [0.717, 1.165) is 16.9 Å². The summed E-state index contributed by atoms with van der Waals surface area (Å²) in [5.74, 6) is 1.47. The highest BCUT2D eigenvalue weighted by Gasteiger charge is 2.12. The van der Waals surface area contributed by atoms with Crippen molar-refractivity contribution in [1.29, 1.82) is 0 Å². The van der Waals surface area contributed by atoms with Crippen LogP contribution in [0.4, 0.5) is 5.69 Å². The van der Waals surface area contributed by atoms with Crippen molar-refractivity contribution in [2.45, 2.75) is 13.3 Å². The third-order valence-corrected chi connectivity index (χ3v) is 4.21. The number of aryl methyl sites for hydroxylation is 1. The van der Waals surface area contributed by atoms with Crippen LogP contribution in [-0.2, 0) is 6.42 Å². The van der Waals surface area contributed by atoms with Gasteiger partial charge in [-0.2, -0.15) is 0 Å².